The number of carboxylic acid groups (broad SMARTS) is 1. The van der Waals surface area contributed by atoms with E-state index < -0.39 is 23.0 Å². The monoisotopic (exact) mass is 395 g/mol. The predicted octanol–water partition coefficient (Wildman–Crippen LogP) is 3.65. The number of nitrogens with one attached hydrogen (secondary N) is 1. The summed E-state index contributed by atoms with van der Waals surface area (Å²) in [5, 5.41) is 23.5. The fraction of sp³-hybridized carbons (Fsp3) is 0.238. The number of hydrogen-bond donors (Lipinski definition) is 2. The van der Waals surface area contributed by atoms with Gasteiger partial charge in [0.2, 0.25) is 0 Å². The fourth-order valence-electron chi connectivity index (χ4n) is 3.54. The first-order valence-corrected chi connectivity index (χ1v) is 9.18. The number of allylic oxidation sites excluding steroid dienone is 1. The standard InChI is InChI=1S/C21H21N3O5/c1-14-18(20(25)26)19(16-10-5-11-17(13-16)24(28)29)23(21(27)22-14)12-6-9-15-7-3-2-4-8-15/h2-5,7-8,10-11,13,19H,6,9,12H2,1H3,(H,22,27)(H,25,26). The molecule has 0 saturated carbocycles. The molecule has 8 nitrogen and oxygen atoms in total. The molecule has 0 fully saturated rings. The second-order valence-electron chi connectivity index (χ2n) is 6.81. The number of hydrogen-bond acceptors (Lipinski definition) is 4. The summed E-state index contributed by atoms with van der Waals surface area (Å²) in [5.74, 6) is -1.17. The molecule has 29 heavy (non-hydrogen) atoms. The van der Waals surface area contributed by atoms with Gasteiger partial charge in [-0.25, -0.2) is 9.59 Å². The van der Waals surface area contributed by atoms with E-state index in [1.54, 1.807) is 6.07 Å². The summed E-state index contributed by atoms with van der Waals surface area (Å²) in [6.07, 6.45) is 1.34. The largest absolute Gasteiger partial charge is 0.478 e. The van der Waals surface area contributed by atoms with Gasteiger partial charge in [-0.3, -0.25) is 10.1 Å². The molecule has 1 aliphatic rings. The fourth-order valence-corrected chi connectivity index (χ4v) is 3.54. The van der Waals surface area contributed by atoms with Gasteiger partial charge in [0.1, 0.15) is 0 Å². The van der Waals surface area contributed by atoms with Crippen molar-refractivity contribution >= 4 is 17.7 Å². The average molecular weight is 395 g/mol. The number of carbonyl (C=O) groups is 2. The molecule has 0 spiro atoms. The van der Waals surface area contributed by atoms with Crippen LogP contribution in [0.1, 0.15) is 30.5 Å². The molecule has 2 amide bonds. The van der Waals surface area contributed by atoms with Crippen molar-refractivity contribution in [2.24, 2.45) is 0 Å². The Labute approximate surface area is 167 Å². The Morgan fingerprint density at radius 3 is 2.59 bits per heavy atom. The van der Waals surface area contributed by atoms with Crippen molar-refractivity contribution in [1.82, 2.24) is 10.2 Å². The summed E-state index contributed by atoms with van der Waals surface area (Å²) in [6, 6.07) is 14.2. The summed E-state index contributed by atoms with van der Waals surface area (Å²) in [6.45, 7) is 1.82. The van der Waals surface area contributed by atoms with Crippen molar-refractivity contribution in [1.29, 1.82) is 0 Å². The minimum atomic E-state index is -1.17. The topological polar surface area (TPSA) is 113 Å². The third kappa shape index (κ3) is 4.43. The molecular formula is C21H21N3O5. The zero-order valence-electron chi connectivity index (χ0n) is 15.9. The van der Waals surface area contributed by atoms with E-state index in [1.165, 1.54) is 30.0 Å². The number of aryl methyl sites for hydroxylation is 1. The van der Waals surface area contributed by atoms with E-state index in [0.717, 1.165) is 12.0 Å². The summed E-state index contributed by atoms with van der Waals surface area (Å²) in [4.78, 5) is 36.7. The highest BCUT2D eigenvalue weighted by Crippen LogP contribution is 2.35. The Hall–Kier alpha value is -3.68. The minimum Gasteiger partial charge on any atom is -0.478 e. The van der Waals surface area contributed by atoms with Crippen LogP contribution >= 0.6 is 0 Å². The van der Waals surface area contributed by atoms with E-state index in [9.17, 15) is 24.8 Å². The maximum Gasteiger partial charge on any atom is 0.335 e. The SMILES string of the molecule is CC1=C(C(=O)O)C(c2cccc([N+](=O)[O-])c2)N(CCCc2ccccc2)C(=O)N1. The van der Waals surface area contributed by atoms with E-state index in [1.807, 2.05) is 30.3 Å². The number of benzene rings is 2. The van der Waals surface area contributed by atoms with Gasteiger partial charge in [-0.15, -0.1) is 0 Å². The van der Waals surface area contributed by atoms with Crippen LogP contribution < -0.4 is 5.32 Å². The molecule has 2 aromatic rings. The second-order valence-corrected chi connectivity index (χ2v) is 6.81. The highest BCUT2D eigenvalue weighted by atomic mass is 16.6. The summed E-state index contributed by atoms with van der Waals surface area (Å²) >= 11 is 0. The summed E-state index contributed by atoms with van der Waals surface area (Å²) < 4.78 is 0. The second kappa shape index (κ2) is 8.55. The zero-order valence-corrected chi connectivity index (χ0v) is 15.9. The number of nitro groups is 1. The Kier molecular flexibility index (Phi) is 5.92. The van der Waals surface area contributed by atoms with Gasteiger partial charge in [0.25, 0.3) is 5.69 Å². The zero-order chi connectivity index (χ0) is 21.0. The molecule has 0 saturated heterocycles. The number of carboxylic acids is 1. The number of amides is 2. The number of carbonyl (C=O) groups excluding carboxylic acids is 1. The van der Waals surface area contributed by atoms with E-state index in [-0.39, 0.29) is 17.0 Å². The molecule has 3 rings (SSSR count). The van der Waals surface area contributed by atoms with Crippen LogP contribution in [0.3, 0.4) is 0 Å². The molecule has 0 bridgehead atoms. The molecule has 1 heterocycles. The molecule has 1 unspecified atom stereocenters. The van der Waals surface area contributed by atoms with Crippen molar-refractivity contribution in [3.63, 3.8) is 0 Å². The molecule has 1 atom stereocenters. The van der Waals surface area contributed by atoms with Crippen molar-refractivity contribution in [2.75, 3.05) is 6.54 Å². The molecule has 0 aromatic heterocycles. The van der Waals surface area contributed by atoms with Gasteiger partial charge in [0.15, 0.2) is 0 Å². The average Bonchev–Trinajstić information content (AvgIpc) is 2.69. The van der Waals surface area contributed by atoms with E-state index in [0.29, 0.717) is 18.5 Å². The number of rotatable bonds is 7. The van der Waals surface area contributed by atoms with Crippen LogP contribution in [0.2, 0.25) is 0 Å². The van der Waals surface area contributed by atoms with Crippen LogP contribution in [0.5, 0.6) is 0 Å². The van der Waals surface area contributed by atoms with Crippen LogP contribution in [-0.2, 0) is 11.2 Å². The van der Waals surface area contributed by atoms with Crippen molar-refractivity contribution in [3.05, 3.63) is 87.1 Å². The van der Waals surface area contributed by atoms with Gasteiger partial charge in [0.05, 0.1) is 16.5 Å². The van der Waals surface area contributed by atoms with Crippen LogP contribution in [0.15, 0.2) is 65.9 Å². The Morgan fingerprint density at radius 1 is 1.21 bits per heavy atom. The van der Waals surface area contributed by atoms with Crippen molar-refractivity contribution in [3.8, 4) is 0 Å². The number of aliphatic carboxylic acids is 1. The third-order valence-corrected chi connectivity index (χ3v) is 4.88. The lowest BCUT2D eigenvalue weighted by atomic mass is 9.93. The molecule has 150 valence electrons. The van der Waals surface area contributed by atoms with Gasteiger partial charge in [-0.05, 0) is 30.9 Å². The Bertz CT molecular complexity index is 971. The van der Waals surface area contributed by atoms with Gasteiger partial charge in [-0.1, -0.05) is 42.5 Å². The first-order valence-electron chi connectivity index (χ1n) is 9.18. The van der Waals surface area contributed by atoms with Gasteiger partial charge >= 0.3 is 12.0 Å². The molecule has 2 N–H and O–H groups in total. The first-order chi connectivity index (χ1) is 13.9. The predicted molar refractivity (Wildman–Crippen MR) is 106 cm³/mol. The van der Waals surface area contributed by atoms with Crippen molar-refractivity contribution in [2.45, 2.75) is 25.8 Å². The Balaban J connectivity index is 1.93. The van der Waals surface area contributed by atoms with Crippen LogP contribution in [0.25, 0.3) is 0 Å². The lowest BCUT2D eigenvalue weighted by molar-refractivity contribution is -0.384. The maximum absolute atomic E-state index is 12.7. The number of nitrogens with zero attached hydrogens (tertiary/aromatic N) is 2. The molecule has 1 aliphatic heterocycles. The molecule has 0 aliphatic carbocycles. The number of urea groups is 1. The number of nitro benzene ring substituents is 1. The normalized spacial score (nSPS) is 16.5. The summed E-state index contributed by atoms with van der Waals surface area (Å²) in [5.41, 5.74) is 1.59. The molecule has 8 heteroatoms. The van der Waals surface area contributed by atoms with E-state index in [2.05, 4.69) is 5.32 Å². The van der Waals surface area contributed by atoms with Crippen molar-refractivity contribution < 1.29 is 19.6 Å². The van der Waals surface area contributed by atoms with E-state index in [4.69, 9.17) is 0 Å². The van der Waals surface area contributed by atoms with E-state index >= 15 is 0 Å². The third-order valence-electron chi connectivity index (χ3n) is 4.88. The summed E-state index contributed by atoms with van der Waals surface area (Å²) in [7, 11) is 0. The highest BCUT2D eigenvalue weighted by Gasteiger charge is 2.37. The lowest BCUT2D eigenvalue weighted by Crippen LogP contribution is -2.48. The molecular weight excluding hydrogens is 374 g/mol. The lowest BCUT2D eigenvalue weighted by Gasteiger charge is -2.37. The van der Waals surface area contributed by atoms with Gasteiger partial charge < -0.3 is 15.3 Å². The van der Waals surface area contributed by atoms with Crippen LogP contribution in [0, 0.1) is 10.1 Å². The smallest absolute Gasteiger partial charge is 0.335 e. The molecule has 2 aromatic carbocycles. The van der Waals surface area contributed by atoms with Gasteiger partial charge in [0, 0.05) is 24.4 Å². The number of non-ortho nitro benzene ring substituents is 1. The van der Waals surface area contributed by atoms with Crippen LogP contribution in [-0.4, -0.2) is 33.5 Å². The quantitative estimate of drug-likeness (QED) is 0.549. The Morgan fingerprint density at radius 2 is 1.93 bits per heavy atom. The van der Waals surface area contributed by atoms with Gasteiger partial charge in [-0.2, -0.15) is 0 Å². The minimum absolute atomic E-state index is 0.00445. The molecule has 0 radical (unpaired) electrons. The first kappa shape index (κ1) is 20.1. The maximum atomic E-state index is 12.7. The van der Waals surface area contributed by atoms with Crippen LogP contribution in [0.4, 0.5) is 10.5 Å². The highest BCUT2D eigenvalue weighted by molar-refractivity contribution is 5.93.